The molecule has 26 heavy (non-hydrogen) atoms. The van der Waals surface area contributed by atoms with Gasteiger partial charge in [0.2, 0.25) is 5.91 Å². The van der Waals surface area contributed by atoms with Gasteiger partial charge in [0.1, 0.15) is 17.8 Å². The molecule has 9 nitrogen and oxygen atoms in total. The van der Waals surface area contributed by atoms with Crippen molar-refractivity contribution < 1.29 is 18.9 Å². The third-order valence-corrected chi connectivity index (χ3v) is 4.29. The number of likely N-dealkylation sites (N-methyl/N-ethyl adjacent to an activating group) is 1. The Morgan fingerprint density at radius 2 is 2.08 bits per heavy atom. The normalized spacial score (nSPS) is 15.9. The molecule has 3 heterocycles. The Labute approximate surface area is 150 Å². The van der Waals surface area contributed by atoms with E-state index in [1.54, 1.807) is 39.2 Å². The molecule has 9 heteroatoms. The second-order valence-electron chi connectivity index (χ2n) is 6.55. The molecule has 0 atom stereocenters. The van der Waals surface area contributed by atoms with Gasteiger partial charge in [-0.05, 0) is 26.0 Å². The third-order valence-electron chi connectivity index (χ3n) is 4.29. The van der Waals surface area contributed by atoms with E-state index in [0.717, 1.165) is 0 Å². The maximum atomic E-state index is 12.4. The highest BCUT2D eigenvalue weighted by molar-refractivity contribution is 6.07. The average molecular weight is 357 g/mol. The highest BCUT2D eigenvalue weighted by atomic mass is 16.5. The van der Waals surface area contributed by atoms with Gasteiger partial charge in [-0.2, -0.15) is 0 Å². The molecular formula is C17H19N5O4. The number of urea groups is 1. The van der Waals surface area contributed by atoms with Gasteiger partial charge in [-0.1, -0.05) is 11.2 Å². The van der Waals surface area contributed by atoms with E-state index in [1.165, 1.54) is 9.80 Å². The lowest BCUT2D eigenvalue weighted by atomic mass is 10.0. The summed E-state index contributed by atoms with van der Waals surface area (Å²) in [6.07, 6.45) is 1.66. The summed E-state index contributed by atoms with van der Waals surface area (Å²) in [6, 6.07) is 6.59. The standard InChI is InChI=1S/C17H19N5O4/c1-17(2)15(24)19-16(25)22(17)10-14(23)21(3)9-11-8-13(20-26-11)12-6-4-5-7-18-12/h4-8H,9-10H2,1-3H3,(H,19,24,25). The van der Waals surface area contributed by atoms with E-state index in [-0.39, 0.29) is 19.0 Å². The Morgan fingerprint density at radius 3 is 2.69 bits per heavy atom. The Morgan fingerprint density at radius 1 is 1.31 bits per heavy atom. The molecule has 0 saturated carbocycles. The van der Waals surface area contributed by atoms with Crippen molar-refractivity contribution in [2.75, 3.05) is 13.6 Å². The predicted molar refractivity (Wildman–Crippen MR) is 90.5 cm³/mol. The molecular weight excluding hydrogens is 338 g/mol. The number of pyridine rings is 1. The lowest BCUT2D eigenvalue weighted by Gasteiger charge is -2.28. The fourth-order valence-electron chi connectivity index (χ4n) is 2.56. The van der Waals surface area contributed by atoms with Gasteiger partial charge in [0.15, 0.2) is 5.76 Å². The molecule has 0 aromatic carbocycles. The molecule has 136 valence electrons. The van der Waals surface area contributed by atoms with Gasteiger partial charge < -0.3 is 14.3 Å². The summed E-state index contributed by atoms with van der Waals surface area (Å²) in [5, 5.41) is 6.17. The van der Waals surface area contributed by atoms with Crippen molar-refractivity contribution >= 4 is 17.8 Å². The van der Waals surface area contributed by atoms with Crippen molar-refractivity contribution in [3.63, 3.8) is 0 Å². The van der Waals surface area contributed by atoms with Gasteiger partial charge in [0, 0.05) is 19.3 Å². The number of nitrogens with one attached hydrogen (secondary N) is 1. The lowest BCUT2D eigenvalue weighted by molar-refractivity contribution is -0.133. The van der Waals surface area contributed by atoms with Crippen molar-refractivity contribution in [2.24, 2.45) is 0 Å². The van der Waals surface area contributed by atoms with Gasteiger partial charge in [-0.15, -0.1) is 0 Å². The van der Waals surface area contributed by atoms with E-state index in [1.807, 2.05) is 12.1 Å². The molecule has 0 spiro atoms. The molecule has 0 bridgehead atoms. The third kappa shape index (κ3) is 3.28. The number of aromatic nitrogens is 2. The minimum Gasteiger partial charge on any atom is -0.359 e. The monoisotopic (exact) mass is 357 g/mol. The smallest absolute Gasteiger partial charge is 0.325 e. The van der Waals surface area contributed by atoms with E-state index in [9.17, 15) is 14.4 Å². The van der Waals surface area contributed by atoms with E-state index >= 15 is 0 Å². The zero-order valence-corrected chi connectivity index (χ0v) is 14.7. The van der Waals surface area contributed by atoms with Crippen molar-refractivity contribution in [1.82, 2.24) is 25.3 Å². The van der Waals surface area contributed by atoms with Gasteiger partial charge in [0.25, 0.3) is 5.91 Å². The molecule has 0 unspecified atom stereocenters. The molecule has 1 aliphatic rings. The molecule has 3 rings (SSSR count). The number of rotatable bonds is 5. The summed E-state index contributed by atoms with van der Waals surface area (Å²) in [5.41, 5.74) is 0.184. The summed E-state index contributed by atoms with van der Waals surface area (Å²) in [4.78, 5) is 42.9. The quantitative estimate of drug-likeness (QED) is 0.801. The minimum atomic E-state index is -1.06. The van der Waals surface area contributed by atoms with Crippen LogP contribution in [0.25, 0.3) is 11.4 Å². The fourth-order valence-corrected chi connectivity index (χ4v) is 2.56. The van der Waals surface area contributed by atoms with E-state index in [4.69, 9.17) is 4.52 Å². The number of nitrogens with zero attached hydrogens (tertiary/aromatic N) is 4. The van der Waals surface area contributed by atoms with Gasteiger partial charge in [0.05, 0.1) is 12.2 Å². The Hall–Kier alpha value is -3.23. The zero-order valence-electron chi connectivity index (χ0n) is 14.7. The lowest BCUT2D eigenvalue weighted by Crippen LogP contribution is -2.49. The van der Waals surface area contributed by atoms with Gasteiger partial charge in [-0.25, -0.2) is 4.79 Å². The molecule has 0 radical (unpaired) electrons. The van der Waals surface area contributed by atoms with Crippen molar-refractivity contribution in [2.45, 2.75) is 25.9 Å². The van der Waals surface area contributed by atoms with Crippen LogP contribution in [0.1, 0.15) is 19.6 Å². The van der Waals surface area contributed by atoms with Crippen LogP contribution in [0.2, 0.25) is 0 Å². The van der Waals surface area contributed by atoms with Crippen LogP contribution in [0.15, 0.2) is 35.0 Å². The van der Waals surface area contributed by atoms with Crippen LogP contribution in [0, 0.1) is 0 Å². The van der Waals surface area contributed by atoms with Crippen molar-refractivity contribution in [1.29, 1.82) is 0 Å². The largest absolute Gasteiger partial charge is 0.359 e. The summed E-state index contributed by atoms with van der Waals surface area (Å²) in [5.74, 6) is -0.255. The first-order chi connectivity index (χ1) is 12.3. The van der Waals surface area contributed by atoms with Crippen molar-refractivity contribution in [3.8, 4) is 11.4 Å². The van der Waals surface area contributed by atoms with E-state index < -0.39 is 17.5 Å². The molecule has 4 amide bonds. The molecule has 1 saturated heterocycles. The van der Waals surface area contributed by atoms with Crippen LogP contribution in [-0.2, 0) is 16.1 Å². The first-order valence-electron chi connectivity index (χ1n) is 8.03. The maximum absolute atomic E-state index is 12.4. The highest BCUT2D eigenvalue weighted by Gasteiger charge is 2.46. The average Bonchev–Trinajstić information content (AvgIpc) is 3.14. The molecule has 0 aliphatic carbocycles. The summed E-state index contributed by atoms with van der Waals surface area (Å²) in [7, 11) is 1.59. The van der Waals surface area contributed by atoms with Crippen LogP contribution >= 0.6 is 0 Å². The van der Waals surface area contributed by atoms with Gasteiger partial charge in [-0.3, -0.25) is 19.9 Å². The topological polar surface area (TPSA) is 109 Å². The summed E-state index contributed by atoms with van der Waals surface area (Å²) in [6.45, 7) is 3.16. The number of carbonyl (C=O) groups is 3. The maximum Gasteiger partial charge on any atom is 0.325 e. The molecule has 2 aromatic heterocycles. The number of hydrogen-bond donors (Lipinski definition) is 1. The number of carbonyl (C=O) groups excluding carboxylic acids is 3. The minimum absolute atomic E-state index is 0.183. The SMILES string of the molecule is CN(Cc1cc(-c2ccccn2)no1)C(=O)CN1C(=O)NC(=O)C1(C)C. The second kappa shape index (κ2) is 6.58. The second-order valence-corrected chi connectivity index (χ2v) is 6.55. The first kappa shape index (κ1) is 17.6. The summed E-state index contributed by atoms with van der Waals surface area (Å²) >= 11 is 0. The molecule has 1 fully saturated rings. The van der Waals surface area contributed by atoms with Crippen LogP contribution in [0.3, 0.4) is 0 Å². The number of amides is 4. The summed E-state index contributed by atoms with van der Waals surface area (Å²) < 4.78 is 5.26. The van der Waals surface area contributed by atoms with Crippen LogP contribution in [0.4, 0.5) is 4.79 Å². The fraction of sp³-hybridized carbons (Fsp3) is 0.353. The number of hydrogen-bond acceptors (Lipinski definition) is 6. The van der Waals surface area contributed by atoms with Crippen LogP contribution < -0.4 is 5.32 Å². The predicted octanol–water partition coefficient (Wildman–Crippen LogP) is 1.03. The zero-order chi connectivity index (χ0) is 18.9. The Bertz CT molecular complexity index is 846. The highest BCUT2D eigenvalue weighted by Crippen LogP contribution is 2.21. The van der Waals surface area contributed by atoms with Crippen molar-refractivity contribution in [3.05, 3.63) is 36.2 Å². The first-order valence-corrected chi connectivity index (χ1v) is 8.03. The molecule has 2 aromatic rings. The number of imide groups is 1. The Balaban J connectivity index is 1.64. The van der Waals surface area contributed by atoms with Gasteiger partial charge >= 0.3 is 6.03 Å². The molecule has 1 aliphatic heterocycles. The van der Waals surface area contributed by atoms with E-state index in [0.29, 0.717) is 17.1 Å². The Kier molecular flexibility index (Phi) is 4.45. The molecule has 1 N–H and O–H groups in total. The van der Waals surface area contributed by atoms with Crippen LogP contribution in [-0.4, -0.2) is 56.9 Å². The van der Waals surface area contributed by atoms with E-state index in [2.05, 4.69) is 15.5 Å². The van der Waals surface area contributed by atoms with Crippen LogP contribution in [0.5, 0.6) is 0 Å².